The Morgan fingerprint density at radius 3 is 2.75 bits per heavy atom. The second-order valence-electron chi connectivity index (χ2n) is 3.78. The molecule has 0 spiro atoms. The number of nitrogen functional groups attached to an aromatic ring is 1. The molecule has 3 N–H and O–H groups in total. The number of anilines is 2. The number of nitrogens with zero attached hydrogens (tertiary/aromatic N) is 3. The van der Waals surface area contributed by atoms with Crippen LogP contribution in [0.5, 0.6) is 0 Å². The normalized spacial score (nSPS) is 10.3. The number of aryl methyl sites for hydroxylation is 1. The fourth-order valence-electron chi connectivity index (χ4n) is 1.46. The van der Waals surface area contributed by atoms with Gasteiger partial charge in [-0.1, -0.05) is 11.3 Å². The van der Waals surface area contributed by atoms with E-state index in [1.165, 1.54) is 6.07 Å². The number of nitro benzene ring substituents is 1. The topological polar surface area (TPSA) is 124 Å². The van der Waals surface area contributed by atoms with E-state index in [4.69, 9.17) is 5.73 Å². The zero-order valence-electron chi connectivity index (χ0n) is 10.1. The summed E-state index contributed by atoms with van der Waals surface area (Å²) in [5.74, 6) is -0.530. The molecule has 0 radical (unpaired) electrons. The number of nitro groups is 1. The molecular weight excluding hydrogens is 350 g/mol. The van der Waals surface area contributed by atoms with Crippen molar-refractivity contribution in [2.75, 3.05) is 11.1 Å². The number of aromatic nitrogens is 2. The lowest BCUT2D eigenvalue weighted by Crippen LogP contribution is -2.12. The van der Waals surface area contributed by atoms with Gasteiger partial charge in [-0.2, -0.15) is 0 Å². The molecule has 0 saturated heterocycles. The lowest BCUT2D eigenvalue weighted by molar-refractivity contribution is -0.385. The number of carbonyl (C=O) groups excluding carboxylic acids is 1. The molecule has 0 bridgehead atoms. The van der Waals surface area contributed by atoms with Crippen LogP contribution in [0.4, 0.5) is 16.5 Å². The number of nitrogens with one attached hydrogen (secondary N) is 1. The fraction of sp³-hybridized carbons (Fsp3) is 0.100. The van der Waals surface area contributed by atoms with Crippen molar-refractivity contribution in [3.63, 3.8) is 0 Å². The summed E-state index contributed by atoms with van der Waals surface area (Å²) in [4.78, 5) is 22.3. The van der Waals surface area contributed by atoms with E-state index < -0.39 is 10.8 Å². The van der Waals surface area contributed by atoms with Crippen molar-refractivity contribution in [3.05, 3.63) is 37.3 Å². The van der Waals surface area contributed by atoms with Crippen LogP contribution in [-0.4, -0.2) is 21.0 Å². The largest absolute Gasteiger partial charge is 0.374 e. The summed E-state index contributed by atoms with van der Waals surface area (Å²) in [6.07, 6.45) is 0. The lowest BCUT2D eigenvalue weighted by Gasteiger charge is -2.07. The van der Waals surface area contributed by atoms with Crippen molar-refractivity contribution in [1.29, 1.82) is 0 Å². The third-order valence-electron chi connectivity index (χ3n) is 2.37. The summed E-state index contributed by atoms with van der Waals surface area (Å²) in [6, 6.07) is 2.84. The second kappa shape index (κ2) is 5.51. The van der Waals surface area contributed by atoms with Crippen molar-refractivity contribution < 1.29 is 9.72 Å². The molecular formula is C10H8BrN5O3S. The average Bonchev–Trinajstić information content (AvgIpc) is 2.79. The van der Waals surface area contributed by atoms with E-state index in [0.717, 1.165) is 11.3 Å². The van der Waals surface area contributed by atoms with E-state index in [2.05, 4.69) is 31.4 Å². The minimum Gasteiger partial charge on any atom is -0.374 e. The van der Waals surface area contributed by atoms with Crippen molar-refractivity contribution in [2.45, 2.75) is 6.92 Å². The van der Waals surface area contributed by atoms with Crippen LogP contribution in [0, 0.1) is 17.0 Å². The van der Waals surface area contributed by atoms with E-state index in [9.17, 15) is 14.9 Å². The highest BCUT2D eigenvalue weighted by Gasteiger charge is 2.18. The minimum absolute atomic E-state index is 0.0811. The van der Waals surface area contributed by atoms with Crippen molar-refractivity contribution in [3.8, 4) is 0 Å². The Balaban J connectivity index is 2.31. The predicted molar refractivity (Wildman–Crippen MR) is 77.8 cm³/mol. The van der Waals surface area contributed by atoms with Gasteiger partial charge in [0.25, 0.3) is 11.6 Å². The summed E-state index contributed by atoms with van der Waals surface area (Å²) in [6.45, 7) is 1.61. The van der Waals surface area contributed by atoms with Gasteiger partial charge in [-0.3, -0.25) is 14.9 Å². The Labute approximate surface area is 125 Å². The molecule has 1 aromatic carbocycles. The molecule has 2 aromatic rings. The number of nitrogens with two attached hydrogens (primary N) is 1. The monoisotopic (exact) mass is 357 g/mol. The molecule has 0 unspecified atom stereocenters. The van der Waals surface area contributed by atoms with Crippen LogP contribution in [0.3, 0.4) is 0 Å². The third kappa shape index (κ3) is 2.91. The number of benzene rings is 1. The molecule has 8 nitrogen and oxygen atoms in total. The average molecular weight is 358 g/mol. The number of rotatable bonds is 3. The van der Waals surface area contributed by atoms with Gasteiger partial charge in [-0.25, -0.2) is 0 Å². The molecule has 1 heterocycles. The molecule has 0 atom stereocenters. The van der Waals surface area contributed by atoms with Crippen molar-refractivity contribution in [2.24, 2.45) is 0 Å². The maximum Gasteiger partial charge on any atom is 0.286 e. The van der Waals surface area contributed by atoms with Gasteiger partial charge in [0.05, 0.1) is 10.6 Å². The maximum atomic E-state index is 11.9. The van der Waals surface area contributed by atoms with Crippen LogP contribution in [-0.2, 0) is 0 Å². The molecule has 0 aliphatic heterocycles. The molecule has 104 valence electrons. The standard InChI is InChI=1S/C10H8BrN5O3S/c1-4-2-5(11)6(3-7(4)16(18)19)13-8(17)9-14-15-10(12)20-9/h2-3H,1H3,(H2,12,15)(H,13,17). The van der Waals surface area contributed by atoms with Crippen molar-refractivity contribution >= 4 is 49.7 Å². The summed E-state index contributed by atoms with van der Waals surface area (Å²) >= 11 is 4.17. The van der Waals surface area contributed by atoms with Gasteiger partial charge < -0.3 is 11.1 Å². The maximum absolute atomic E-state index is 11.9. The van der Waals surface area contributed by atoms with Gasteiger partial charge in [-0.05, 0) is 28.9 Å². The highest BCUT2D eigenvalue weighted by atomic mass is 79.9. The van der Waals surface area contributed by atoms with E-state index in [-0.39, 0.29) is 21.5 Å². The van der Waals surface area contributed by atoms with Crippen molar-refractivity contribution in [1.82, 2.24) is 10.2 Å². The smallest absolute Gasteiger partial charge is 0.286 e. The number of hydrogen-bond acceptors (Lipinski definition) is 7. The predicted octanol–water partition coefficient (Wildman–Crippen LogP) is 2.35. The van der Waals surface area contributed by atoms with E-state index in [1.54, 1.807) is 13.0 Å². The van der Waals surface area contributed by atoms with Gasteiger partial charge in [-0.15, -0.1) is 10.2 Å². The molecule has 20 heavy (non-hydrogen) atoms. The number of amides is 1. The van der Waals surface area contributed by atoms with Gasteiger partial charge in [0.2, 0.25) is 10.1 Å². The van der Waals surface area contributed by atoms with Gasteiger partial charge in [0.15, 0.2) is 0 Å². The Morgan fingerprint density at radius 1 is 1.50 bits per heavy atom. The quantitative estimate of drug-likeness (QED) is 0.641. The molecule has 10 heteroatoms. The molecule has 0 aliphatic carbocycles. The highest BCUT2D eigenvalue weighted by Crippen LogP contribution is 2.31. The molecule has 1 aromatic heterocycles. The summed E-state index contributed by atoms with van der Waals surface area (Å²) in [7, 11) is 0. The first-order chi connectivity index (χ1) is 9.38. The zero-order valence-corrected chi connectivity index (χ0v) is 12.5. The summed E-state index contributed by atoms with van der Waals surface area (Å²) in [5.41, 5.74) is 6.07. The molecule has 1 amide bonds. The Kier molecular flexibility index (Phi) is 3.95. The van der Waals surface area contributed by atoms with E-state index >= 15 is 0 Å². The Morgan fingerprint density at radius 2 is 2.20 bits per heavy atom. The summed E-state index contributed by atoms with van der Waals surface area (Å²) < 4.78 is 0.534. The van der Waals surface area contributed by atoms with Crippen LogP contribution >= 0.6 is 27.3 Å². The van der Waals surface area contributed by atoms with Gasteiger partial charge in [0, 0.05) is 16.1 Å². The van der Waals surface area contributed by atoms with Crippen LogP contribution in [0.2, 0.25) is 0 Å². The first-order valence-electron chi connectivity index (χ1n) is 5.23. The summed E-state index contributed by atoms with van der Waals surface area (Å²) in [5, 5.41) is 20.8. The number of halogens is 1. The Hall–Kier alpha value is -2.07. The SMILES string of the molecule is Cc1cc(Br)c(NC(=O)c2nnc(N)s2)cc1[N+](=O)[O-]. The van der Waals surface area contributed by atoms with E-state index in [0.29, 0.717) is 10.0 Å². The van der Waals surface area contributed by atoms with Crippen LogP contribution in [0.25, 0.3) is 0 Å². The fourth-order valence-corrected chi connectivity index (χ4v) is 2.52. The molecule has 2 rings (SSSR count). The molecule has 0 fully saturated rings. The van der Waals surface area contributed by atoms with E-state index in [1.807, 2.05) is 0 Å². The molecule has 0 saturated carbocycles. The first-order valence-corrected chi connectivity index (χ1v) is 6.84. The van der Waals surface area contributed by atoms with Crippen LogP contribution in [0.1, 0.15) is 15.4 Å². The van der Waals surface area contributed by atoms with Gasteiger partial charge in [0.1, 0.15) is 0 Å². The third-order valence-corrected chi connectivity index (χ3v) is 3.77. The van der Waals surface area contributed by atoms with Crippen LogP contribution < -0.4 is 11.1 Å². The second-order valence-corrected chi connectivity index (χ2v) is 5.64. The highest BCUT2D eigenvalue weighted by molar-refractivity contribution is 9.10. The Bertz CT molecular complexity index is 702. The minimum atomic E-state index is -0.530. The van der Waals surface area contributed by atoms with Crippen LogP contribution in [0.15, 0.2) is 16.6 Å². The number of hydrogen-bond donors (Lipinski definition) is 2. The molecule has 0 aliphatic rings. The number of carbonyl (C=O) groups is 1. The first kappa shape index (κ1) is 14.3. The lowest BCUT2D eigenvalue weighted by atomic mass is 10.2. The zero-order chi connectivity index (χ0) is 14.9. The van der Waals surface area contributed by atoms with Gasteiger partial charge >= 0.3 is 0 Å².